The van der Waals surface area contributed by atoms with Crippen LogP contribution in [0.3, 0.4) is 0 Å². The van der Waals surface area contributed by atoms with E-state index in [-0.39, 0.29) is 0 Å². The average Bonchev–Trinajstić information content (AvgIpc) is 3.39. The lowest BCUT2D eigenvalue weighted by molar-refractivity contribution is 0.525. The number of fused-ring (bicyclic) bond motifs is 2. The molecule has 0 amide bonds. The average molecular weight is 511 g/mol. The maximum absolute atomic E-state index is 6.48. The van der Waals surface area contributed by atoms with Crippen molar-refractivity contribution in [3.63, 3.8) is 0 Å². The number of para-hydroxylation sites is 2. The van der Waals surface area contributed by atoms with E-state index in [2.05, 4.69) is 102 Å². The van der Waals surface area contributed by atoms with Crippen molar-refractivity contribution < 1.29 is 4.42 Å². The molecule has 0 aliphatic carbocycles. The number of thiazole rings is 1. The van der Waals surface area contributed by atoms with Crippen molar-refractivity contribution in [2.75, 3.05) is 6.26 Å². The van der Waals surface area contributed by atoms with Crippen LogP contribution >= 0.6 is 37.3 Å². The van der Waals surface area contributed by atoms with Gasteiger partial charge in [0.1, 0.15) is 15.7 Å². The van der Waals surface area contributed by atoms with E-state index < -0.39 is 10.0 Å². The Kier molecular flexibility index (Phi) is 5.67. The van der Waals surface area contributed by atoms with Gasteiger partial charge in [0.25, 0.3) is 0 Å². The lowest BCUT2D eigenvalue weighted by Gasteiger charge is -2.34. The minimum absolute atomic E-state index is 0.949. The molecule has 0 N–H and O–H groups in total. The summed E-state index contributed by atoms with van der Waals surface area (Å²) in [6.45, 7) is 2.23. The van der Waals surface area contributed by atoms with Crippen molar-refractivity contribution in [3.05, 3.63) is 83.0 Å². The summed E-state index contributed by atoms with van der Waals surface area (Å²) >= 11 is 5.43. The number of hydrogen-bond donors (Lipinski definition) is 0. The number of furan rings is 1. The van der Waals surface area contributed by atoms with Gasteiger partial charge in [0, 0.05) is 26.1 Å². The number of aryl methyl sites for hydroxylation is 1. The monoisotopic (exact) mass is 509 g/mol. The van der Waals surface area contributed by atoms with E-state index in [1.807, 2.05) is 11.3 Å². The summed E-state index contributed by atoms with van der Waals surface area (Å²) in [7, 11) is -1.61. The van der Waals surface area contributed by atoms with Gasteiger partial charge in [-0.1, -0.05) is 59.6 Å². The second-order valence-corrected chi connectivity index (χ2v) is 13.1. The molecule has 2 nitrogen and oxygen atoms in total. The zero-order chi connectivity index (χ0) is 21.4. The molecule has 0 saturated heterocycles. The van der Waals surface area contributed by atoms with Crippen molar-refractivity contribution in [1.29, 1.82) is 0 Å². The van der Waals surface area contributed by atoms with Gasteiger partial charge in [-0.15, -0.1) is 21.4 Å². The van der Waals surface area contributed by atoms with E-state index in [1.54, 1.807) is 0 Å². The molecule has 2 heterocycles. The molecule has 31 heavy (non-hydrogen) atoms. The van der Waals surface area contributed by atoms with E-state index in [1.165, 1.54) is 24.2 Å². The number of nitrogens with zero attached hydrogens (tertiary/aromatic N) is 1. The van der Waals surface area contributed by atoms with Crippen LogP contribution in [0.2, 0.25) is 0 Å². The minimum Gasteiger partial charge on any atom is -0.460 e. The van der Waals surface area contributed by atoms with Gasteiger partial charge in [-0.3, -0.25) is 0 Å². The Morgan fingerprint density at radius 2 is 1.71 bits per heavy atom. The predicted molar refractivity (Wildman–Crippen MR) is 137 cm³/mol. The van der Waals surface area contributed by atoms with E-state index in [0.717, 1.165) is 40.6 Å². The smallest absolute Gasteiger partial charge is 0.141 e. The molecule has 0 bridgehead atoms. The third-order valence-corrected chi connectivity index (χ3v) is 11.6. The maximum Gasteiger partial charge on any atom is 0.141 e. The van der Waals surface area contributed by atoms with Crippen LogP contribution in [0, 0.1) is 0 Å². The first-order valence-corrected chi connectivity index (χ1v) is 14.2. The van der Waals surface area contributed by atoms with Crippen molar-refractivity contribution >= 4 is 58.5 Å². The first kappa shape index (κ1) is 20.8. The fourth-order valence-corrected chi connectivity index (χ4v) is 9.28. The molecule has 5 heteroatoms. The van der Waals surface area contributed by atoms with Crippen LogP contribution in [-0.4, -0.2) is 11.2 Å². The summed E-state index contributed by atoms with van der Waals surface area (Å²) in [6.07, 6.45) is 5.59. The van der Waals surface area contributed by atoms with Crippen molar-refractivity contribution in [2.45, 2.75) is 40.3 Å². The van der Waals surface area contributed by atoms with E-state index >= 15 is 0 Å². The number of halogens is 1. The number of unbranched alkanes of at least 4 members (excludes halogenated alkanes) is 1. The van der Waals surface area contributed by atoms with E-state index in [9.17, 15) is 0 Å². The highest BCUT2D eigenvalue weighted by Crippen LogP contribution is 2.69. The minimum atomic E-state index is -1.61. The Balaban J connectivity index is 1.84. The Hall–Kier alpha value is -2.08. The zero-order valence-electron chi connectivity index (χ0n) is 17.6. The van der Waals surface area contributed by atoms with E-state index in [0.29, 0.717) is 0 Å². The summed E-state index contributed by atoms with van der Waals surface area (Å²) in [5.41, 5.74) is 2.04. The molecular formula is C26H24BrNOS2. The molecule has 0 aliphatic rings. The highest BCUT2D eigenvalue weighted by atomic mass is 79.9. The molecule has 1 atom stereocenters. The molecule has 0 aliphatic heterocycles. The van der Waals surface area contributed by atoms with Gasteiger partial charge in [0.2, 0.25) is 0 Å². The molecule has 0 saturated carbocycles. The molecule has 0 radical (unpaired) electrons. The largest absolute Gasteiger partial charge is 0.460 e. The van der Waals surface area contributed by atoms with Gasteiger partial charge in [-0.2, -0.15) is 0 Å². The van der Waals surface area contributed by atoms with Gasteiger partial charge < -0.3 is 4.42 Å². The Bertz CT molecular complexity index is 1320. The van der Waals surface area contributed by atoms with Crippen LogP contribution in [0.5, 0.6) is 0 Å². The summed E-state index contributed by atoms with van der Waals surface area (Å²) in [6, 6.07) is 25.7. The predicted octanol–water partition coefficient (Wildman–Crippen LogP) is 9.06. The normalized spacial score (nSPS) is 14.7. The van der Waals surface area contributed by atoms with Crippen LogP contribution < -0.4 is 0 Å². The lowest BCUT2D eigenvalue weighted by Crippen LogP contribution is -2.03. The van der Waals surface area contributed by atoms with Gasteiger partial charge >= 0.3 is 0 Å². The highest BCUT2D eigenvalue weighted by Gasteiger charge is 2.35. The highest BCUT2D eigenvalue weighted by molar-refractivity contribution is 9.10. The fraction of sp³-hybridized carbons (Fsp3) is 0.192. The number of hydrogen-bond acceptors (Lipinski definition) is 3. The van der Waals surface area contributed by atoms with E-state index in [4.69, 9.17) is 9.40 Å². The molecule has 0 spiro atoms. The third-order valence-electron chi connectivity index (χ3n) is 5.69. The molecule has 3 aromatic carbocycles. The standard InChI is InChI=1S/C26H24BrNOS2/c1-3-4-11-23-25(20-9-5-7-12-22(20)29-23)31(2,19-16-14-18(27)15-17-19)26-28-21-10-6-8-13-24(21)30-26/h5-10,12-17H,3-4,11H2,1-2H3. The van der Waals surface area contributed by atoms with Gasteiger partial charge in [-0.05, 0) is 55.1 Å². The number of aromatic nitrogens is 1. The first-order valence-electron chi connectivity index (χ1n) is 10.5. The topological polar surface area (TPSA) is 26.0 Å². The number of benzene rings is 3. The molecule has 158 valence electrons. The maximum atomic E-state index is 6.48. The van der Waals surface area contributed by atoms with Crippen LogP contribution in [0.25, 0.3) is 21.2 Å². The molecule has 1 unspecified atom stereocenters. The molecule has 5 rings (SSSR count). The Morgan fingerprint density at radius 3 is 2.48 bits per heavy atom. The number of rotatable bonds is 6. The SMILES string of the molecule is CCCCc1oc2ccccc2c1S(C)(c1ccc(Br)cc1)c1nc2ccccc2s1. The molecule has 0 fully saturated rings. The van der Waals surface area contributed by atoms with Crippen LogP contribution in [0.15, 0.2) is 95.8 Å². The molecule has 2 aromatic heterocycles. The zero-order valence-corrected chi connectivity index (χ0v) is 20.8. The summed E-state index contributed by atoms with van der Waals surface area (Å²) < 4.78 is 9.98. The molecular weight excluding hydrogens is 486 g/mol. The lowest BCUT2D eigenvalue weighted by atomic mass is 10.2. The second kappa shape index (κ2) is 8.45. The first-order chi connectivity index (χ1) is 15.1. The fourth-order valence-electron chi connectivity index (χ4n) is 4.06. The van der Waals surface area contributed by atoms with Gasteiger partial charge in [0.15, 0.2) is 0 Å². The second-order valence-electron chi connectivity index (χ2n) is 7.77. The molecule has 5 aromatic rings. The van der Waals surface area contributed by atoms with Gasteiger partial charge in [-0.25, -0.2) is 4.98 Å². The van der Waals surface area contributed by atoms with Crippen molar-refractivity contribution in [3.8, 4) is 0 Å². The summed E-state index contributed by atoms with van der Waals surface area (Å²) in [4.78, 5) is 7.81. The van der Waals surface area contributed by atoms with Crippen LogP contribution in [-0.2, 0) is 6.42 Å². The summed E-state index contributed by atoms with van der Waals surface area (Å²) in [5.74, 6) is 1.11. The van der Waals surface area contributed by atoms with Crippen molar-refractivity contribution in [1.82, 2.24) is 4.98 Å². The van der Waals surface area contributed by atoms with Crippen LogP contribution in [0.1, 0.15) is 25.5 Å². The third kappa shape index (κ3) is 3.63. The van der Waals surface area contributed by atoms with Gasteiger partial charge in [0.05, 0.1) is 10.2 Å². The Labute approximate surface area is 196 Å². The van der Waals surface area contributed by atoms with Crippen LogP contribution in [0.4, 0.5) is 0 Å². The quantitative estimate of drug-likeness (QED) is 0.228. The summed E-state index contributed by atoms with van der Waals surface area (Å²) in [5, 5.41) is 1.22. The van der Waals surface area contributed by atoms with Crippen molar-refractivity contribution in [2.24, 2.45) is 0 Å². The Morgan fingerprint density at radius 1 is 0.968 bits per heavy atom.